The SMILES string of the molecule is Cc1ccccc1S(=O)(=O)CCCCCOS(C)(=O)=O. The van der Waals surface area contributed by atoms with Crippen molar-refractivity contribution in [2.75, 3.05) is 18.6 Å². The highest BCUT2D eigenvalue weighted by Gasteiger charge is 2.15. The zero-order valence-electron chi connectivity index (χ0n) is 11.7. The van der Waals surface area contributed by atoms with Gasteiger partial charge in [0.15, 0.2) is 9.84 Å². The summed E-state index contributed by atoms with van der Waals surface area (Å²) in [5.41, 5.74) is 0.743. The fraction of sp³-hybridized carbons (Fsp3) is 0.538. The minimum absolute atomic E-state index is 0.0662. The van der Waals surface area contributed by atoms with Gasteiger partial charge in [0.2, 0.25) is 0 Å². The Morgan fingerprint density at radius 3 is 2.25 bits per heavy atom. The molecule has 0 N–H and O–H groups in total. The number of aryl methyl sites for hydroxylation is 1. The van der Waals surface area contributed by atoms with Crippen molar-refractivity contribution in [1.82, 2.24) is 0 Å². The molecule has 0 radical (unpaired) electrons. The molecule has 0 aliphatic rings. The van der Waals surface area contributed by atoms with Gasteiger partial charge in [-0.2, -0.15) is 8.42 Å². The van der Waals surface area contributed by atoms with Gasteiger partial charge in [0.25, 0.3) is 10.1 Å². The number of unbranched alkanes of at least 4 members (excludes halogenated alkanes) is 2. The van der Waals surface area contributed by atoms with Gasteiger partial charge in [-0.05, 0) is 31.4 Å². The second-order valence-electron chi connectivity index (χ2n) is 4.67. The van der Waals surface area contributed by atoms with E-state index in [2.05, 4.69) is 4.18 Å². The highest BCUT2D eigenvalue weighted by Crippen LogP contribution is 2.17. The van der Waals surface area contributed by atoms with Gasteiger partial charge in [-0.3, -0.25) is 4.18 Å². The molecule has 0 saturated carbocycles. The lowest BCUT2D eigenvalue weighted by Crippen LogP contribution is -2.09. The molecule has 1 aromatic carbocycles. The first-order valence-electron chi connectivity index (χ1n) is 6.35. The molecular weight excluding hydrogens is 300 g/mol. The van der Waals surface area contributed by atoms with Crippen LogP contribution in [0.5, 0.6) is 0 Å². The zero-order valence-corrected chi connectivity index (χ0v) is 13.3. The lowest BCUT2D eigenvalue weighted by atomic mass is 10.2. The number of hydrogen-bond donors (Lipinski definition) is 0. The summed E-state index contributed by atoms with van der Waals surface area (Å²) in [4.78, 5) is 0.368. The number of benzene rings is 1. The maximum atomic E-state index is 12.1. The Kier molecular flexibility index (Phi) is 6.16. The quantitative estimate of drug-likeness (QED) is 0.540. The Labute approximate surface area is 121 Å². The van der Waals surface area contributed by atoms with Crippen LogP contribution in [0.1, 0.15) is 24.8 Å². The summed E-state index contributed by atoms with van der Waals surface area (Å²) in [6.07, 6.45) is 2.62. The third-order valence-electron chi connectivity index (χ3n) is 2.78. The Morgan fingerprint density at radius 2 is 1.65 bits per heavy atom. The van der Waals surface area contributed by atoms with Crippen LogP contribution in [0.25, 0.3) is 0 Å². The highest BCUT2D eigenvalue weighted by molar-refractivity contribution is 7.91. The lowest BCUT2D eigenvalue weighted by Gasteiger charge is -2.07. The van der Waals surface area contributed by atoms with Crippen LogP contribution >= 0.6 is 0 Å². The molecule has 5 nitrogen and oxygen atoms in total. The van der Waals surface area contributed by atoms with Crippen molar-refractivity contribution in [3.63, 3.8) is 0 Å². The van der Waals surface area contributed by atoms with Crippen molar-refractivity contribution in [2.45, 2.75) is 31.1 Å². The molecule has 0 fully saturated rings. The first-order chi connectivity index (χ1) is 9.22. The van der Waals surface area contributed by atoms with Gasteiger partial charge in [-0.15, -0.1) is 0 Å². The van der Waals surface area contributed by atoms with Crippen molar-refractivity contribution < 1.29 is 21.0 Å². The average Bonchev–Trinajstić information content (AvgIpc) is 2.32. The molecule has 0 aliphatic heterocycles. The van der Waals surface area contributed by atoms with Crippen molar-refractivity contribution >= 4 is 20.0 Å². The standard InChI is InChI=1S/C13H20O5S2/c1-12-8-4-5-9-13(12)20(16,17)11-7-3-6-10-18-19(2,14)15/h4-5,8-9H,3,6-7,10-11H2,1-2H3. The normalized spacial score (nSPS) is 12.5. The van der Waals surface area contributed by atoms with E-state index >= 15 is 0 Å². The third kappa shape index (κ3) is 6.02. The molecule has 1 aromatic rings. The van der Waals surface area contributed by atoms with Crippen LogP contribution in [0.15, 0.2) is 29.2 Å². The van der Waals surface area contributed by atoms with Crippen LogP contribution < -0.4 is 0 Å². The van der Waals surface area contributed by atoms with Crippen LogP contribution in [0.2, 0.25) is 0 Å². The molecule has 20 heavy (non-hydrogen) atoms. The van der Waals surface area contributed by atoms with Crippen LogP contribution in [0.4, 0.5) is 0 Å². The molecule has 0 heterocycles. The van der Waals surface area contributed by atoms with E-state index in [9.17, 15) is 16.8 Å². The Bertz CT molecular complexity index is 632. The van der Waals surface area contributed by atoms with Crippen LogP contribution in [-0.4, -0.2) is 35.5 Å². The lowest BCUT2D eigenvalue weighted by molar-refractivity contribution is 0.311. The third-order valence-corrected chi connectivity index (χ3v) is 5.33. The first kappa shape index (κ1) is 17.1. The van der Waals surface area contributed by atoms with Gasteiger partial charge in [0.05, 0.1) is 23.5 Å². The van der Waals surface area contributed by atoms with E-state index in [1.165, 1.54) is 0 Å². The molecule has 1 rings (SSSR count). The van der Waals surface area contributed by atoms with E-state index < -0.39 is 20.0 Å². The smallest absolute Gasteiger partial charge is 0.264 e. The molecule has 0 unspecified atom stereocenters. The van der Waals surface area contributed by atoms with Gasteiger partial charge < -0.3 is 0 Å². The molecule has 0 amide bonds. The van der Waals surface area contributed by atoms with Gasteiger partial charge in [-0.25, -0.2) is 8.42 Å². The topological polar surface area (TPSA) is 77.5 Å². The molecule has 0 atom stereocenters. The maximum absolute atomic E-state index is 12.1. The predicted molar refractivity (Wildman–Crippen MR) is 77.9 cm³/mol. The fourth-order valence-electron chi connectivity index (χ4n) is 1.80. The van der Waals surface area contributed by atoms with Gasteiger partial charge in [0.1, 0.15) is 0 Å². The van der Waals surface area contributed by atoms with Crippen molar-refractivity contribution in [1.29, 1.82) is 0 Å². The van der Waals surface area contributed by atoms with Gasteiger partial charge >= 0.3 is 0 Å². The summed E-state index contributed by atoms with van der Waals surface area (Å²) >= 11 is 0. The van der Waals surface area contributed by atoms with Crippen molar-refractivity contribution in [3.8, 4) is 0 Å². The number of rotatable bonds is 8. The van der Waals surface area contributed by atoms with E-state index in [0.29, 0.717) is 24.2 Å². The summed E-state index contributed by atoms with van der Waals surface area (Å²) in [7, 11) is -6.67. The van der Waals surface area contributed by atoms with Gasteiger partial charge in [-0.1, -0.05) is 24.6 Å². The van der Waals surface area contributed by atoms with Gasteiger partial charge in [0, 0.05) is 0 Å². The average molecular weight is 320 g/mol. The highest BCUT2D eigenvalue weighted by atomic mass is 32.2. The summed E-state index contributed by atoms with van der Waals surface area (Å²) in [6, 6.07) is 6.89. The zero-order chi connectivity index (χ0) is 15.2. The largest absolute Gasteiger partial charge is 0.270 e. The summed E-state index contributed by atoms with van der Waals surface area (Å²) in [5, 5.41) is 0. The summed E-state index contributed by atoms with van der Waals surface area (Å²) < 4.78 is 50.3. The first-order valence-corrected chi connectivity index (χ1v) is 9.82. The summed E-state index contributed by atoms with van der Waals surface area (Å²) in [5.74, 6) is 0.0662. The van der Waals surface area contributed by atoms with Crippen molar-refractivity contribution in [3.05, 3.63) is 29.8 Å². The van der Waals surface area contributed by atoms with E-state index in [4.69, 9.17) is 0 Å². The van der Waals surface area contributed by atoms with E-state index in [1.807, 2.05) is 0 Å². The molecule has 0 bridgehead atoms. The van der Waals surface area contributed by atoms with Crippen molar-refractivity contribution in [2.24, 2.45) is 0 Å². The second kappa shape index (κ2) is 7.19. The Morgan fingerprint density at radius 1 is 1.00 bits per heavy atom. The molecule has 0 aliphatic carbocycles. The van der Waals surface area contributed by atoms with Crippen LogP contribution in [-0.2, 0) is 24.1 Å². The molecule has 0 saturated heterocycles. The van der Waals surface area contributed by atoms with E-state index in [-0.39, 0.29) is 12.4 Å². The molecule has 0 spiro atoms. The predicted octanol–water partition coefficient (Wildman–Crippen LogP) is 1.92. The van der Waals surface area contributed by atoms with E-state index in [0.717, 1.165) is 11.8 Å². The van der Waals surface area contributed by atoms with Crippen LogP contribution in [0, 0.1) is 6.92 Å². The Hall–Kier alpha value is -0.920. The number of sulfone groups is 1. The number of hydrogen-bond acceptors (Lipinski definition) is 5. The van der Waals surface area contributed by atoms with E-state index in [1.54, 1.807) is 31.2 Å². The minimum atomic E-state index is -3.41. The summed E-state index contributed by atoms with van der Waals surface area (Å²) in [6.45, 7) is 1.87. The molecule has 114 valence electrons. The monoisotopic (exact) mass is 320 g/mol. The molecular formula is C13H20O5S2. The molecule has 0 aromatic heterocycles. The maximum Gasteiger partial charge on any atom is 0.264 e. The van der Waals surface area contributed by atoms with Crippen LogP contribution in [0.3, 0.4) is 0 Å². The Balaban J connectivity index is 2.40. The molecule has 7 heteroatoms. The fourth-order valence-corrected chi connectivity index (χ4v) is 3.87. The second-order valence-corrected chi connectivity index (χ2v) is 8.39. The minimum Gasteiger partial charge on any atom is -0.270 e.